The van der Waals surface area contributed by atoms with E-state index < -0.39 is 0 Å². The Morgan fingerprint density at radius 1 is 1.40 bits per heavy atom. The molecule has 20 heavy (non-hydrogen) atoms. The molecule has 0 radical (unpaired) electrons. The average Bonchev–Trinajstić information content (AvgIpc) is 2.43. The summed E-state index contributed by atoms with van der Waals surface area (Å²) in [5, 5.41) is 6.96. The van der Waals surface area contributed by atoms with E-state index in [0.717, 1.165) is 32.5 Å². The van der Waals surface area contributed by atoms with Crippen molar-refractivity contribution in [3.8, 4) is 0 Å². The van der Waals surface area contributed by atoms with Gasteiger partial charge in [-0.1, -0.05) is 23.2 Å². The molecular weight excluding hydrogens is 297 g/mol. The van der Waals surface area contributed by atoms with Gasteiger partial charge in [0.1, 0.15) is 0 Å². The van der Waals surface area contributed by atoms with Crippen LogP contribution in [0, 0.1) is 5.92 Å². The normalized spacial score (nSPS) is 18.9. The minimum atomic E-state index is -0.0795. The first-order valence-electron chi connectivity index (χ1n) is 6.75. The maximum atomic E-state index is 12.2. The van der Waals surface area contributed by atoms with Crippen molar-refractivity contribution >= 4 is 34.9 Å². The molecular formula is C14H19Cl2N3O. The minimum absolute atomic E-state index is 0.0795. The van der Waals surface area contributed by atoms with Crippen LogP contribution < -0.4 is 10.6 Å². The Morgan fingerprint density at radius 2 is 2.20 bits per heavy atom. The second-order valence-electron chi connectivity index (χ2n) is 5.07. The summed E-state index contributed by atoms with van der Waals surface area (Å²) in [7, 11) is 1.94. The number of anilines is 1. The van der Waals surface area contributed by atoms with Gasteiger partial charge in [-0.05, 0) is 50.6 Å². The Balaban J connectivity index is 1.95. The van der Waals surface area contributed by atoms with Crippen LogP contribution in [0.3, 0.4) is 0 Å². The van der Waals surface area contributed by atoms with Crippen LogP contribution in [0.15, 0.2) is 18.2 Å². The molecule has 0 bridgehead atoms. The van der Waals surface area contributed by atoms with E-state index in [2.05, 4.69) is 10.6 Å². The van der Waals surface area contributed by atoms with Gasteiger partial charge >= 0.3 is 6.03 Å². The molecule has 2 rings (SSSR count). The summed E-state index contributed by atoms with van der Waals surface area (Å²) in [5.74, 6) is 0.522. The van der Waals surface area contributed by atoms with Crippen molar-refractivity contribution in [1.82, 2.24) is 10.2 Å². The molecule has 4 nitrogen and oxygen atoms in total. The third kappa shape index (κ3) is 4.01. The number of amides is 2. The van der Waals surface area contributed by atoms with Gasteiger partial charge < -0.3 is 15.5 Å². The molecule has 6 heteroatoms. The van der Waals surface area contributed by atoms with Gasteiger partial charge in [0.25, 0.3) is 0 Å². The molecule has 2 N–H and O–H groups in total. The standard InChI is InChI=1S/C14H19Cl2N3O/c1-17-8-10-3-2-6-19(9-10)14(20)18-11-4-5-12(15)13(16)7-11/h4-5,7,10,17H,2-3,6,8-9H2,1H3,(H,18,20). The zero-order valence-corrected chi connectivity index (χ0v) is 13.0. The van der Waals surface area contributed by atoms with Crippen molar-refractivity contribution in [3.63, 3.8) is 0 Å². The molecule has 0 aliphatic carbocycles. The molecule has 1 unspecified atom stereocenters. The molecule has 1 aliphatic heterocycles. The lowest BCUT2D eigenvalue weighted by atomic mass is 9.98. The molecule has 0 saturated carbocycles. The van der Waals surface area contributed by atoms with Gasteiger partial charge in [-0.3, -0.25) is 0 Å². The number of halogens is 2. The molecule has 0 spiro atoms. The smallest absolute Gasteiger partial charge is 0.321 e. The van der Waals surface area contributed by atoms with Crippen molar-refractivity contribution in [2.45, 2.75) is 12.8 Å². The summed E-state index contributed by atoms with van der Waals surface area (Å²) in [6, 6.07) is 5.02. The molecule has 1 aromatic carbocycles. The van der Waals surface area contributed by atoms with Crippen LogP contribution in [-0.2, 0) is 0 Å². The third-order valence-electron chi connectivity index (χ3n) is 3.47. The fourth-order valence-electron chi connectivity index (χ4n) is 2.48. The molecule has 1 atom stereocenters. The minimum Gasteiger partial charge on any atom is -0.324 e. The molecule has 1 aromatic rings. The van der Waals surface area contributed by atoms with Crippen LogP contribution >= 0.6 is 23.2 Å². The van der Waals surface area contributed by atoms with Gasteiger partial charge in [-0.15, -0.1) is 0 Å². The monoisotopic (exact) mass is 315 g/mol. The molecule has 1 aliphatic rings. The Morgan fingerprint density at radius 3 is 2.90 bits per heavy atom. The second-order valence-corrected chi connectivity index (χ2v) is 5.89. The third-order valence-corrected chi connectivity index (χ3v) is 4.21. The summed E-state index contributed by atoms with van der Waals surface area (Å²) in [5.41, 5.74) is 0.667. The van der Waals surface area contributed by atoms with Crippen LogP contribution in [0.25, 0.3) is 0 Å². The van der Waals surface area contributed by atoms with E-state index in [1.54, 1.807) is 18.2 Å². The lowest BCUT2D eigenvalue weighted by Crippen LogP contribution is -2.44. The SMILES string of the molecule is CNCC1CCCN(C(=O)Nc2ccc(Cl)c(Cl)c2)C1. The van der Waals surface area contributed by atoms with Crippen LogP contribution in [0.2, 0.25) is 10.0 Å². The lowest BCUT2D eigenvalue weighted by molar-refractivity contribution is 0.177. The van der Waals surface area contributed by atoms with Gasteiger partial charge in [0.15, 0.2) is 0 Å². The number of carbonyl (C=O) groups is 1. The summed E-state index contributed by atoms with van der Waals surface area (Å²) in [6.45, 7) is 2.53. The zero-order valence-electron chi connectivity index (χ0n) is 11.5. The summed E-state index contributed by atoms with van der Waals surface area (Å²) in [4.78, 5) is 14.1. The van der Waals surface area contributed by atoms with Gasteiger partial charge in [0.2, 0.25) is 0 Å². The van der Waals surface area contributed by atoms with E-state index in [-0.39, 0.29) is 6.03 Å². The Hall–Kier alpha value is -0.970. The molecule has 2 amide bonds. The Kier molecular flexibility index (Phi) is 5.52. The average molecular weight is 316 g/mol. The van der Waals surface area contributed by atoms with Crippen molar-refractivity contribution in [2.24, 2.45) is 5.92 Å². The first-order chi connectivity index (χ1) is 9.60. The topological polar surface area (TPSA) is 44.4 Å². The molecule has 1 saturated heterocycles. The largest absolute Gasteiger partial charge is 0.324 e. The van der Waals surface area contributed by atoms with E-state index >= 15 is 0 Å². The van der Waals surface area contributed by atoms with E-state index in [1.165, 1.54) is 0 Å². The molecule has 110 valence electrons. The number of carbonyl (C=O) groups excluding carboxylic acids is 1. The predicted octanol–water partition coefficient (Wildman–Crippen LogP) is 3.46. The summed E-state index contributed by atoms with van der Waals surface area (Å²) >= 11 is 11.8. The number of urea groups is 1. The molecule has 0 aromatic heterocycles. The van der Waals surface area contributed by atoms with Gasteiger partial charge in [-0.25, -0.2) is 4.79 Å². The molecule has 1 heterocycles. The maximum absolute atomic E-state index is 12.2. The maximum Gasteiger partial charge on any atom is 0.321 e. The highest BCUT2D eigenvalue weighted by Gasteiger charge is 2.23. The quantitative estimate of drug-likeness (QED) is 0.897. The number of nitrogens with zero attached hydrogens (tertiary/aromatic N) is 1. The summed E-state index contributed by atoms with van der Waals surface area (Å²) in [6.07, 6.45) is 2.21. The number of piperidine rings is 1. The number of benzene rings is 1. The van der Waals surface area contributed by atoms with Crippen molar-refractivity contribution < 1.29 is 4.79 Å². The van der Waals surface area contributed by atoms with E-state index in [1.807, 2.05) is 11.9 Å². The van der Waals surface area contributed by atoms with Crippen LogP contribution in [-0.4, -0.2) is 37.6 Å². The highest BCUT2D eigenvalue weighted by Crippen LogP contribution is 2.25. The fraction of sp³-hybridized carbons (Fsp3) is 0.500. The lowest BCUT2D eigenvalue weighted by Gasteiger charge is -2.32. The Labute approximate surface area is 129 Å². The predicted molar refractivity (Wildman–Crippen MR) is 83.7 cm³/mol. The van der Waals surface area contributed by atoms with Crippen LogP contribution in [0.1, 0.15) is 12.8 Å². The first-order valence-corrected chi connectivity index (χ1v) is 7.51. The van der Waals surface area contributed by atoms with Gasteiger partial charge in [-0.2, -0.15) is 0 Å². The highest BCUT2D eigenvalue weighted by molar-refractivity contribution is 6.42. The second kappa shape index (κ2) is 7.16. The van der Waals surface area contributed by atoms with Crippen molar-refractivity contribution in [2.75, 3.05) is 32.0 Å². The number of likely N-dealkylation sites (tertiary alicyclic amines) is 1. The zero-order chi connectivity index (χ0) is 14.5. The number of rotatable bonds is 3. The summed E-state index contributed by atoms with van der Waals surface area (Å²) < 4.78 is 0. The van der Waals surface area contributed by atoms with Gasteiger partial charge in [0, 0.05) is 18.8 Å². The number of hydrogen-bond acceptors (Lipinski definition) is 2. The number of nitrogens with one attached hydrogen (secondary N) is 2. The Bertz CT molecular complexity index is 479. The van der Waals surface area contributed by atoms with Crippen LogP contribution in [0.5, 0.6) is 0 Å². The molecule has 1 fully saturated rings. The van der Waals surface area contributed by atoms with Crippen molar-refractivity contribution in [1.29, 1.82) is 0 Å². The van der Waals surface area contributed by atoms with Gasteiger partial charge in [0.05, 0.1) is 10.0 Å². The van der Waals surface area contributed by atoms with E-state index in [4.69, 9.17) is 23.2 Å². The van der Waals surface area contributed by atoms with E-state index in [0.29, 0.717) is 21.7 Å². The van der Waals surface area contributed by atoms with Crippen LogP contribution in [0.4, 0.5) is 10.5 Å². The fourth-order valence-corrected chi connectivity index (χ4v) is 2.78. The first kappa shape index (κ1) is 15.4. The highest BCUT2D eigenvalue weighted by atomic mass is 35.5. The van der Waals surface area contributed by atoms with Crippen molar-refractivity contribution in [3.05, 3.63) is 28.2 Å². The van der Waals surface area contributed by atoms with E-state index in [9.17, 15) is 4.79 Å². The number of hydrogen-bond donors (Lipinski definition) is 2.